The lowest BCUT2D eigenvalue weighted by atomic mass is 10.2. The van der Waals surface area contributed by atoms with E-state index in [9.17, 15) is 0 Å². The van der Waals surface area contributed by atoms with E-state index in [1.54, 1.807) is 7.11 Å². The lowest BCUT2D eigenvalue weighted by molar-refractivity contribution is -0.0187. The van der Waals surface area contributed by atoms with Crippen LogP contribution in [0.15, 0.2) is 24.3 Å². The highest BCUT2D eigenvalue weighted by Gasteiger charge is 2.22. The molecular formula is C11H16N2O2. The Labute approximate surface area is 89.6 Å². The van der Waals surface area contributed by atoms with Gasteiger partial charge in [0.05, 0.1) is 13.2 Å². The molecule has 1 aliphatic heterocycles. The molecule has 1 aromatic carbocycles. The monoisotopic (exact) mass is 208 g/mol. The fourth-order valence-corrected chi connectivity index (χ4v) is 1.74. The Kier molecular flexibility index (Phi) is 3.08. The first-order valence-corrected chi connectivity index (χ1v) is 5.04. The molecule has 4 nitrogen and oxygen atoms in total. The fraction of sp³-hybridized carbons (Fsp3) is 0.455. The predicted molar refractivity (Wildman–Crippen MR) is 59.8 cm³/mol. The minimum absolute atomic E-state index is 0.00220. The number of methoxy groups -OCH3 is 1. The van der Waals surface area contributed by atoms with Crippen molar-refractivity contribution in [1.82, 2.24) is 0 Å². The van der Waals surface area contributed by atoms with Crippen molar-refractivity contribution in [2.24, 2.45) is 0 Å². The lowest BCUT2D eigenvalue weighted by Gasteiger charge is -2.36. The highest BCUT2D eigenvalue weighted by atomic mass is 16.5. The number of nitrogen functional groups attached to an aromatic ring is 1. The summed E-state index contributed by atoms with van der Waals surface area (Å²) in [5.74, 6) is 0. The molecule has 0 saturated carbocycles. The Hall–Kier alpha value is -1.26. The average molecular weight is 208 g/mol. The summed E-state index contributed by atoms with van der Waals surface area (Å²) in [6.45, 7) is 2.20. The number of hydrogen-bond acceptors (Lipinski definition) is 4. The average Bonchev–Trinajstić information content (AvgIpc) is 2.30. The molecule has 0 bridgehead atoms. The van der Waals surface area contributed by atoms with Crippen molar-refractivity contribution in [3.8, 4) is 0 Å². The summed E-state index contributed by atoms with van der Waals surface area (Å²) in [6.07, 6.45) is 0.00220. The summed E-state index contributed by atoms with van der Waals surface area (Å²) in [5.41, 5.74) is 7.55. The molecule has 1 fully saturated rings. The Morgan fingerprint density at radius 3 is 2.80 bits per heavy atom. The zero-order chi connectivity index (χ0) is 10.7. The Balaban J connectivity index is 2.16. The lowest BCUT2D eigenvalue weighted by Crippen LogP contribution is -2.46. The molecule has 2 N–H and O–H groups in total. The van der Waals surface area contributed by atoms with E-state index in [-0.39, 0.29) is 6.23 Å². The van der Waals surface area contributed by atoms with Crippen LogP contribution in [0.5, 0.6) is 0 Å². The molecule has 82 valence electrons. The summed E-state index contributed by atoms with van der Waals surface area (Å²) in [7, 11) is 1.70. The highest BCUT2D eigenvalue weighted by Crippen LogP contribution is 2.21. The second kappa shape index (κ2) is 4.51. The van der Waals surface area contributed by atoms with Gasteiger partial charge in [0.25, 0.3) is 0 Å². The number of morpholine rings is 1. The van der Waals surface area contributed by atoms with Crippen molar-refractivity contribution >= 4 is 11.4 Å². The van der Waals surface area contributed by atoms with E-state index in [1.165, 1.54) is 0 Å². The van der Waals surface area contributed by atoms with Gasteiger partial charge < -0.3 is 20.1 Å². The predicted octanol–water partition coefficient (Wildman–Crippen LogP) is 1.08. The largest absolute Gasteiger partial charge is 0.399 e. The molecular weight excluding hydrogens is 192 g/mol. The van der Waals surface area contributed by atoms with Gasteiger partial charge in [-0.1, -0.05) is 0 Å². The van der Waals surface area contributed by atoms with E-state index >= 15 is 0 Å². The number of benzene rings is 1. The van der Waals surface area contributed by atoms with Gasteiger partial charge in [-0.25, -0.2) is 0 Å². The second-order valence-corrected chi connectivity index (χ2v) is 3.55. The van der Waals surface area contributed by atoms with E-state index in [1.807, 2.05) is 24.3 Å². The first kappa shape index (κ1) is 10.3. The summed E-state index contributed by atoms with van der Waals surface area (Å²) in [4.78, 5) is 2.18. The summed E-state index contributed by atoms with van der Waals surface area (Å²) in [5, 5.41) is 0. The van der Waals surface area contributed by atoms with E-state index in [0.717, 1.165) is 24.5 Å². The number of nitrogens with two attached hydrogens (primary N) is 1. The number of hydrogen-bond donors (Lipinski definition) is 1. The molecule has 1 aliphatic rings. The van der Waals surface area contributed by atoms with Gasteiger partial charge >= 0.3 is 0 Å². The standard InChI is InChI=1S/C11H16N2O2/c1-14-11-8-15-7-6-13(11)10-4-2-9(12)3-5-10/h2-5,11H,6-8,12H2,1H3. The Morgan fingerprint density at radius 1 is 1.40 bits per heavy atom. The van der Waals surface area contributed by atoms with Gasteiger partial charge in [0, 0.05) is 25.0 Å². The van der Waals surface area contributed by atoms with E-state index in [0.29, 0.717) is 6.61 Å². The first-order valence-electron chi connectivity index (χ1n) is 5.04. The molecule has 0 amide bonds. The quantitative estimate of drug-likeness (QED) is 0.739. The van der Waals surface area contributed by atoms with Crippen LogP contribution >= 0.6 is 0 Å². The Bertz CT molecular complexity index is 313. The third-order valence-electron chi connectivity index (χ3n) is 2.58. The third kappa shape index (κ3) is 2.22. The maximum Gasteiger partial charge on any atom is 0.153 e. The van der Waals surface area contributed by atoms with Crippen molar-refractivity contribution in [2.75, 3.05) is 37.5 Å². The van der Waals surface area contributed by atoms with Gasteiger partial charge in [-0.15, -0.1) is 0 Å². The molecule has 0 radical (unpaired) electrons. The third-order valence-corrected chi connectivity index (χ3v) is 2.58. The molecule has 1 aromatic rings. The second-order valence-electron chi connectivity index (χ2n) is 3.55. The number of rotatable bonds is 2. The van der Waals surface area contributed by atoms with Crippen LogP contribution in [-0.4, -0.2) is 33.1 Å². The Morgan fingerprint density at radius 2 is 2.13 bits per heavy atom. The van der Waals surface area contributed by atoms with Gasteiger partial charge in [0.1, 0.15) is 0 Å². The van der Waals surface area contributed by atoms with Crippen LogP contribution in [0.4, 0.5) is 11.4 Å². The normalized spacial score (nSPS) is 21.7. The topological polar surface area (TPSA) is 47.7 Å². The van der Waals surface area contributed by atoms with Gasteiger partial charge in [0.15, 0.2) is 6.23 Å². The van der Waals surface area contributed by atoms with E-state index in [2.05, 4.69) is 4.90 Å². The van der Waals surface area contributed by atoms with Gasteiger partial charge in [-0.05, 0) is 24.3 Å². The molecule has 1 atom stereocenters. The van der Waals surface area contributed by atoms with Crippen LogP contribution in [0.1, 0.15) is 0 Å². The van der Waals surface area contributed by atoms with Crippen LogP contribution < -0.4 is 10.6 Å². The minimum Gasteiger partial charge on any atom is -0.399 e. The first-order chi connectivity index (χ1) is 7.31. The van der Waals surface area contributed by atoms with Crippen molar-refractivity contribution in [3.05, 3.63) is 24.3 Å². The van der Waals surface area contributed by atoms with Gasteiger partial charge in [-0.3, -0.25) is 0 Å². The number of ether oxygens (including phenoxy) is 2. The van der Waals surface area contributed by atoms with Crippen LogP contribution in [0.3, 0.4) is 0 Å². The van der Waals surface area contributed by atoms with Gasteiger partial charge in [0.2, 0.25) is 0 Å². The minimum atomic E-state index is 0.00220. The molecule has 2 rings (SSSR count). The molecule has 4 heteroatoms. The van der Waals surface area contributed by atoms with Crippen LogP contribution in [0.25, 0.3) is 0 Å². The van der Waals surface area contributed by atoms with Crippen LogP contribution in [0, 0.1) is 0 Å². The zero-order valence-corrected chi connectivity index (χ0v) is 8.85. The van der Waals surface area contributed by atoms with E-state index < -0.39 is 0 Å². The fourth-order valence-electron chi connectivity index (χ4n) is 1.74. The maximum atomic E-state index is 5.65. The van der Waals surface area contributed by atoms with Crippen molar-refractivity contribution in [3.63, 3.8) is 0 Å². The zero-order valence-electron chi connectivity index (χ0n) is 8.85. The summed E-state index contributed by atoms with van der Waals surface area (Å²) >= 11 is 0. The SMILES string of the molecule is COC1COCCN1c1ccc(N)cc1. The molecule has 1 saturated heterocycles. The molecule has 15 heavy (non-hydrogen) atoms. The molecule has 0 aromatic heterocycles. The summed E-state index contributed by atoms with van der Waals surface area (Å²) in [6, 6.07) is 7.81. The molecule has 0 spiro atoms. The maximum absolute atomic E-state index is 5.65. The van der Waals surface area contributed by atoms with Gasteiger partial charge in [-0.2, -0.15) is 0 Å². The van der Waals surface area contributed by atoms with Crippen molar-refractivity contribution < 1.29 is 9.47 Å². The smallest absolute Gasteiger partial charge is 0.153 e. The molecule has 0 aliphatic carbocycles. The van der Waals surface area contributed by atoms with E-state index in [4.69, 9.17) is 15.2 Å². The number of nitrogens with zero attached hydrogens (tertiary/aromatic N) is 1. The van der Waals surface area contributed by atoms with Crippen molar-refractivity contribution in [2.45, 2.75) is 6.23 Å². The molecule has 1 unspecified atom stereocenters. The number of anilines is 2. The highest BCUT2D eigenvalue weighted by molar-refractivity contribution is 5.53. The summed E-state index contributed by atoms with van der Waals surface area (Å²) < 4.78 is 10.7. The molecule has 1 heterocycles. The van der Waals surface area contributed by atoms with Crippen LogP contribution in [-0.2, 0) is 9.47 Å². The van der Waals surface area contributed by atoms with Crippen LogP contribution in [0.2, 0.25) is 0 Å². The van der Waals surface area contributed by atoms with Crippen molar-refractivity contribution in [1.29, 1.82) is 0 Å².